The van der Waals surface area contributed by atoms with Crippen LogP contribution in [0.4, 0.5) is 24.5 Å². The van der Waals surface area contributed by atoms with Crippen LogP contribution >= 0.6 is 12.2 Å². The van der Waals surface area contributed by atoms with Gasteiger partial charge in [-0.25, -0.2) is 13.2 Å². The fraction of sp³-hybridized carbons (Fsp3) is 0.0714. The molecule has 2 rings (SSSR count). The average molecular weight is 296 g/mol. The van der Waals surface area contributed by atoms with Gasteiger partial charge in [0.1, 0.15) is 5.82 Å². The topological polar surface area (TPSA) is 24.1 Å². The zero-order valence-corrected chi connectivity index (χ0v) is 11.3. The lowest BCUT2D eigenvalue weighted by atomic mass is 10.2. The highest BCUT2D eigenvalue weighted by Crippen LogP contribution is 2.18. The minimum Gasteiger partial charge on any atom is -0.332 e. The zero-order valence-electron chi connectivity index (χ0n) is 10.5. The third-order valence-corrected chi connectivity index (χ3v) is 2.90. The fourth-order valence-corrected chi connectivity index (χ4v) is 1.83. The molecule has 0 radical (unpaired) electrons. The van der Waals surface area contributed by atoms with Crippen molar-refractivity contribution in [3.05, 3.63) is 59.4 Å². The molecule has 20 heavy (non-hydrogen) atoms. The lowest BCUT2D eigenvalue weighted by Gasteiger charge is -2.13. The first-order chi connectivity index (χ1) is 9.47. The van der Waals surface area contributed by atoms with Gasteiger partial charge < -0.3 is 10.6 Å². The van der Waals surface area contributed by atoms with E-state index in [0.717, 1.165) is 12.1 Å². The number of rotatable bonds is 2. The van der Waals surface area contributed by atoms with Gasteiger partial charge in [-0.2, -0.15) is 0 Å². The van der Waals surface area contributed by atoms with Crippen LogP contribution in [0, 0.1) is 24.4 Å². The summed E-state index contributed by atoms with van der Waals surface area (Å²) in [6.45, 7) is 1.61. The van der Waals surface area contributed by atoms with Crippen molar-refractivity contribution >= 4 is 28.7 Å². The van der Waals surface area contributed by atoms with E-state index in [9.17, 15) is 13.2 Å². The van der Waals surface area contributed by atoms with Crippen molar-refractivity contribution in [3.8, 4) is 0 Å². The molecule has 0 aliphatic carbocycles. The third-order valence-electron chi connectivity index (χ3n) is 2.69. The van der Waals surface area contributed by atoms with Gasteiger partial charge in [0.2, 0.25) is 0 Å². The number of hydrogen-bond donors (Lipinski definition) is 2. The van der Waals surface area contributed by atoms with E-state index in [0.29, 0.717) is 16.9 Å². The summed E-state index contributed by atoms with van der Waals surface area (Å²) >= 11 is 5.04. The van der Waals surface area contributed by atoms with Crippen molar-refractivity contribution in [1.82, 2.24) is 0 Å². The fourth-order valence-electron chi connectivity index (χ4n) is 1.60. The van der Waals surface area contributed by atoms with Crippen molar-refractivity contribution in [2.45, 2.75) is 6.92 Å². The second-order valence-corrected chi connectivity index (χ2v) is 4.53. The molecule has 0 saturated carbocycles. The molecule has 0 heterocycles. The molecule has 6 heteroatoms. The SMILES string of the molecule is Cc1c(F)cccc1NC(=S)Nc1ccc(F)c(F)c1. The first-order valence-electron chi connectivity index (χ1n) is 5.75. The molecule has 0 saturated heterocycles. The zero-order chi connectivity index (χ0) is 14.7. The number of anilines is 2. The summed E-state index contributed by atoms with van der Waals surface area (Å²) in [7, 11) is 0. The van der Waals surface area contributed by atoms with Crippen LogP contribution in [0.2, 0.25) is 0 Å². The van der Waals surface area contributed by atoms with Crippen LogP contribution in [0.5, 0.6) is 0 Å². The van der Waals surface area contributed by atoms with Crippen LogP contribution in [0.1, 0.15) is 5.56 Å². The van der Waals surface area contributed by atoms with E-state index in [2.05, 4.69) is 10.6 Å². The number of halogens is 3. The maximum Gasteiger partial charge on any atom is 0.175 e. The summed E-state index contributed by atoms with van der Waals surface area (Å²) in [6, 6.07) is 7.88. The smallest absolute Gasteiger partial charge is 0.175 e. The maximum atomic E-state index is 13.4. The van der Waals surface area contributed by atoms with E-state index in [4.69, 9.17) is 12.2 Å². The highest BCUT2D eigenvalue weighted by Gasteiger charge is 2.07. The number of nitrogens with one attached hydrogen (secondary N) is 2. The molecule has 2 N–H and O–H groups in total. The Bertz CT molecular complexity index is 659. The standard InChI is InChI=1S/C14H11F3N2S/c1-8-10(15)3-2-4-13(8)19-14(20)18-9-5-6-11(16)12(17)7-9/h2-7H,1H3,(H2,18,19,20). The molecule has 0 spiro atoms. The summed E-state index contributed by atoms with van der Waals surface area (Å²) in [4.78, 5) is 0. The van der Waals surface area contributed by atoms with E-state index in [1.54, 1.807) is 19.1 Å². The molecule has 2 nitrogen and oxygen atoms in total. The van der Waals surface area contributed by atoms with Crippen molar-refractivity contribution < 1.29 is 13.2 Å². The molecule has 2 aromatic carbocycles. The van der Waals surface area contributed by atoms with Crippen LogP contribution in [-0.2, 0) is 0 Å². The third kappa shape index (κ3) is 3.27. The van der Waals surface area contributed by atoms with Crippen molar-refractivity contribution in [2.75, 3.05) is 10.6 Å². The van der Waals surface area contributed by atoms with E-state index >= 15 is 0 Å². The van der Waals surface area contributed by atoms with E-state index in [-0.39, 0.29) is 10.9 Å². The van der Waals surface area contributed by atoms with Crippen LogP contribution in [0.25, 0.3) is 0 Å². The van der Waals surface area contributed by atoms with Crippen LogP contribution < -0.4 is 10.6 Å². The molecule has 104 valence electrons. The molecule has 0 amide bonds. The first-order valence-corrected chi connectivity index (χ1v) is 6.16. The van der Waals surface area contributed by atoms with Crippen molar-refractivity contribution in [3.63, 3.8) is 0 Å². The lowest BCUT2D eigenvalue weighted by molar-refractivity contribution is 0.509. The Labute approximate surface area is 119 Å². The van der Waals surface area contributed by atoms with E-state index < -0.39 is 11.6 Å². The van der Waals surface area contributed by atoms with Gasteiger partial charge in [-0.15, -0.1) is 0 Å². The predicted octanol–water partition coefficient (Wildman–Crippen LogP) is 4.22. The Kier molecular flexibility index (Phi) is 4.24. The van der Waals surface area contributed by atoms with Gasteiger partial charge >= 0.3 is 0 Å². The molecule has 0 atom stereocenters. The van der Waals surface area contributed by atoms with Crippen molar-refractivity contribution in [1.29, 1.82) is 0 Å². The van der Waals surface area contributed by atoms with Gasteiger partial charge in [-0.3, -0.25) is 0 Å². The Morgan fingerprint density at radius 1 is 0.950 bits per heavy atom. The summed E-state index contributed by atoms with van der Waals surface area (Å²) in [5.41, 5.74) is 1.22. The molecular formula is C14H11F3N2S. The second kappa shape index (κ2) is 5.92. The Balaban J connectivity index is 2.09. The van der Waals surface area contributed by atoms with Crippen LogP contribution in [0.3, 0.4) is 0 Å². The summed E-state index contributed by atoms with van der Waals surface area (Å²) in [5, 5.41) is 5.65. The van der Waals surface area contributed by atoms with Gasteiger partial charge in [0.05, 0.1) is 0 Å². The Morgan fingerprint density at radius 3 is 2.40 bits per heavy atom. The van der Waals surface area contributed by atoms with E-state index in [1.165, 1.54) is 12.1 Å². The first kappa shape index (κ1) is 14.3. The van der Waals surface area contributed by atoms with E-state index in [1.807, 2.05) is 0 Å². The molecule has 0 aliphatic rings. The normalized spacial score (nSPS) is 10.2. The van der Waals surface area contributed by atoms with Gasteiger partial charge in [0.15, 0.2) is 16.7 Å². The molecule has 0 unspecified atom stereocenters. The number of benzene rings is 2. The molecule has 2 aromatic rings. The van der Waals surface area contributed by atoms with Crippen LogP contribution in [0.15, 0.2) is 36.4 Å². The molecule has 0 bridgehead atoms. The van der Waals surface area contributed by atoms with Crippen LogP contribution in [-0.4, -0.2) is 5.11 Å². The average Bonchev–Trinajstić information content (AvgIpc) is 2.39. The Hall–Kier alpha value is -2.08. The molecule has 0 aliphatic heterocycles. The van der Waals surface area contributed by atoms with Gasteiger partial charge in [-0.1, -0.05) is 6.07 Å². The molecule has 0 fully saturated rings. The van der Waals surface area contributed by atoms with Gasteiger partial charge in [-0.05, 0) is 43.4 Å². The highest BCUT2D eigenvalue weighted by molar-refractivity contribution is 7.80. The Morgan fingerprint density at radius 2 is 1.70 bits per heavy atom. The second-order valence-electron chi connectivity index (χ2n) is 4.12. The summed E-state index contributed by atoms with van der Waals surface area (Å²) in [6.07, 6.45) is 0. The summed E-state index contributed by atoms with van der Waals surface area (Å²) in [5.74, 6) is -2.26. The number of thiocarbonyl (C=S) groups is 1. The van der Waals surface area contributed by atoms with Gasteiger partial charge in [0, 0.05) is 23.0 Å². The molecule has 0 aromatic heterocycles. The summed E-state index contributed by atoms with van der Waals surface area (Å²) < 4.78 is 39.2. The molecular weight excluding hydrogens is 285 g/mol. The highest BCUT2D eigenvalue weighted by atomic mass is 32.1. The minimum absolute atomic E-state index is 0.157. The predicted molar refractivity (Wildman–Crippen MR) is 77.3 cm³/mol. The monoisotopic (exact) mass is 296 g/mol. The lowest BCUT2D eigenvalue weighted by Crippen LogP contribution is -2.20. The number of hydrogen-bond acceptors (Lipinski definition) is 1. The minimum atomic E-state index is -0.972. The maximum absolute atomic E-state index is 13.4. The largest absolute Gasteiger partial charge is 0.332 e. The van der Waals surface area contributed by atoms with Crippen molar-refractivity contribution in [2.24, 2.45) is 0 Å². The quantitative estimate of drug-likeness (QED) is 0.811. The van der Waals surface area contributed by atoms with Gasteiger partial charge in [0.25, 0.3) is 0 Å².